The molecule has 4 N–H and O–H groups in total. The Labute approximate surface area is 183 Å². The average molecular weight is 420 g/mol. The van der Waals surface area contributed by atoms with E-state index < -0.39 is 11.9 Å². The van der Waals surface area contributed by atoms with Crippen molar-refractivity contribution < 1.29 is 9.59 Å². The molecule has 0 spiro atoms. The maximum atomic E-state index is 12.4. The highest BCUT2D eigenvalue weighted by molar-refractivity contribution is 5.92. The van der Waals surface area contributed by atoms with E-state index in [1.165, 1.54) is 19.3 Å². The van der Waals surface area contributed by atoms with Gasteiger partial charge in [0, 0.05) is 11.4 Å². The van der Waals surface area contributed by atoms with Gasteiger partial charge in [-0.1, -0.05) is 31.4 Å². The quantitative estimate of drug-likeness (QED) is 0.637. The SMILES string of the molecule is N#Cc1ccc(C(Nc2ccc(NC(=O)CN3CCCCCCC3)cc2)C(N)=O)cc1. The van der Waals surface area contributed by atoms with Gasteiger partial charge in [0.2, 0.25) is 11.8 Å². The number of likely N-dealkylation sites (tertiary alicyclic amines) is 1. The van der Waals surface area contributed by atoms with Gasteiger partial charge >= 0.3 is 0 Å². The number of carbonyl (C=O) groups is 2. The Hall–Kier alpha value is -3.37. The molecule has 1 heterocycles. The molecule has 7 nitrogen and oxygen atoms in total. The van der Waals surface area contributed by atoms with Crippen LogP contribution in [0.1, 0.15) is 49.3 Å². The highest BCUT2D eigenvalue weighted by atomic mass is 16.2. The zero-order chi connectivity index (χ0) is 22.1. The predicted molar refractivity (Wildman–Crippen MR) is 121 cm³/mol. The van der Waals surface area contributed by atoms with Crippen LogP contribution in [0.5, 0.6) is 0 Å². The Morgan fingerprint density at radius 2 is 1.52 bits per heavy atom. The van der Waals surface area contributed by atoms with Crippen LogP contribution < -0.4 is 16.4 Å². The molecule has 31 heavy (non-hydrogen) atoms. The first-order valence-electron chi connectivity index (χ1n) is 10.7. The molecule has 162 valence electrons. The van der Waals surface area contributed by atoms with Gasteiger partial charge in [-0.05, 0) is 67.9 Å². The van der Waals surface area contributed by atoms with Gasteiger partial charge in [0.25, 0.3) is 0 Å². The highest BCUT2D eigenvalue weighted by Gasteiger charge is 2.18. The van der Waals surface area contributed by atoms with E-state index in [1.54, 1.807) is 48.5 Å². The van der Waals surface area contributed by atoms with E-state index in [9.17, 15) is 9.59 Å². The second-order valence-corrected chi connectivity index (χ2v) is 7.88. The second-order valence-electron chi connectivity index (χ2n) is 7.88. The minimum atomic E-state index is -0.722. The van der Waals surface area contributed by atoms with E-state index in [2.05, 4.69) is 21.6 Å². The number of amides is 2. The summed E-state index contributed by atoms with van der Waals surface area (Å²) in [4.78, 5) is 26.6. The van der Waals surface area contributed by atoms with Crippen molar-refractivity contribution in [1.82, 2.24) is 4.90 Å². The third-order valence-electron chi connectivity index (χ3n) is 5.45. The average Bonchev–Trinajstić information content (AvgIpc) is 2.75. The van der Waals surface area contributed by atoms with Crippen molar-refractivity contribution in [2.45, 2.75) is 38.1 Å². The lowest BCUT2D eigenvalue weighted by Gasteiger charge is -2.23. The number of anilines is 2. The van der Waals surface area contributed by atoms with E-state index >= 15 is 0 Å². The first-order chi connectivity index (χ1) is 15.0. The fourth-order valence-electron chi connectivity index (χ4n) is 3.76. The Morgan fingerprint density at radius 1 is 0.935 bits per heavy atom. The molecule has 3 rings (SSSR count). The van der Waals surface area contributed by atoms with Crippen LogP contribution in [0.15, 0.2) is 48.5 Å². The van der Waals surface area contributed by atoms with Crippen LogP contribution in [0.2, 0.25) is 0 Å². The van der Waals surface area contributed by atoms with Gasteiger partial charge in [0.15, 0.2) is 0 Å². The van der Waals surface area contributed by atoms with E-state index in [-0.39, 0.29) is 5.91 Å². The van der Waals surface area contributed by atoms with Gasteiger partial charge in [0.1, 0.15) is 6.04 Å². The number of benzene rings is 2. The number of carbonyl (C=O) groups excluding carboxylic acids is 2. The lowest BCUT2D eigenvalue weighted by molar-refractivity contribution is -0.119. The van der Waals surface area contributed by atoms with E-state index in [0.29, 0.717) is 29.0 Å². The maximum absolute atomic E-state index is 12.4. The van der Waals surface area contributed by atoms with Crippen molar-refractivity contribution in [2.75, 3.05) is 30.3 Å². The van der Waals surface area contributed by atoms with Crippen molar-refractivity contribution in [3.05, 3.63) is 59.7 Å². The summed E-state index contributed by atoms with van der Waals surface area (Å²) in [6, 6.07) is 15.2. The molecule has 1 saturated heterocycles. The van der Waals surface area contributed by atoms with Crippen molar-refractivity contribution in [3.63, 3.8) is 0 Å². The monoisotopic (exact) mass is 419 g/mol. The molecule has 1 unspecified atom stereocenters. The number of rotatable bonds is 7. The fourth-order valence-corrected chi connectivity index (χ4v) is 3.76. The van der Waals surface area contributed by atoms with Crippen LogP contribution in [0.3, 0.4) is 0 Å². The molecule has 0 bridgehead atoms. The van der Waals surface area contributed by atoms with E-state index in [0.717, 1.165) is 25.9 Å². The number of primary amides is 1. The molecule has 2 amide bonds. The van der Waals surface area contributed by atoms with Crippen molar-refractivity contribution in [3.8, 4) is 6.07 Å². The molecule has 2 aromatic rings. The van der Waals surface area contributed by atoms with E-state index in [1.807, 2.05) is 0 Å². The molecule has 7 heteroatoms. The molecule has 0 radical (unpaired) electrons. The zero-order valence-electron chi connectivity index (χ0n) is 17.6. The Morgan fingerprint density at radius 3 is 2.10 bits per heavy atom. The minimum Gasteiger partial charge on any atom is -0.370 e. The summed E-state index contributed by atoms with van der Waals surface area (Å²) in [5.74, 6) is -0.538. The third-order valence-corrected chi connectivity index (χ3v) is 5.45. The number of nitrogens with one attached hydrogen (secondary N) is 2. The van der Waals surface area contributed by atoms with Gasteiger partial charge in [-0.2, -0.15) is 5.26 Å². The van der Waals surface area contributed by atoms with E-state index in [4.69, 9.17) is 11.0 Å². The number of nitriles is 1. The summed E-state index contributed by atoms with van der Waals surface area (Å²) < 4.78 is 0. The molecule has 1 fully saturated rings. The number of hydrogen-bond donors (Lipinski definition) is 3. The zero-order valence-corrected chi connectivity index (χ0v) is 17.6. The number of nitrogens with two attached hydrogens (primary N) is 1. The van der Waals surface area contributed by atoms with Crippen molar-refractivity contribution in [1.29, 1.82) is 5.26 Å². The topological polar surface area (TPSA) is 111 Å². The molecule has 1 atom stereocenters. The second kappa shape index (κ2) is 11.1. The third kappa shape index (κ3) is 6.83. The lowest BCUT2D eigenvalue weighted by Crippen LogP contribution is -2.35. The van der Waals surface area contributed by atoms with Crippen LogP contribution in [0.4, 0.5) is 11.4 Å². The molecule has 0 saturated carbocycles. The van der Waals surface area contributed by atoms with Gasteiger partial charge in [-0.3, -0.25) is 14.5 Å². The summed E-state index contributed by atoms with van der Waals surface area (Å²) in [6.45, 7) is 2.35. The minimum absolute atomic E-state index is 0.0196. The van der Waals surface area contributed by atoms with Crippen LogP contribution in [0.25, 0.3) is 0 Å². The smallest absolute Gasteiger partial charge is 0.244 e. The normalized spacial score (nSPS) is 15.7. The van der Waals surface area contributed by atoms with Gasteiger partial charge in [-0.15, -0.1) is 0 Å². The first-order valence-corrected chi connectivity index (χ1v) is 10.7. The fraction of sp³-hybridized carbons (Fsp3) is 0.375. The van der Waals surface area contributed by atoms with Gasteiger partial charge in [-0.25, -0.2) is 0 Å². The Balaban J connectivity index is 1.57. The predicted octanol–water partition coefficient (Wildman–Crippen LogP) is 3.40. The van der Waals surface area contributed by atoms with Crippen molar-refractivity contribution >= 4 is 23.2 Å². The molecule has 2 aromatic carbocycles. The summed E-state index contributed by atoms with van der Waals surface area (Å²) in [5.41, 5.74) is 8.17. The van der Waals surface area contributed by atoms with Crippen LogP contribution >= 0.6 is 0 Å². The summed E-state index contributed by atoms with van der Waals surface area (Å²) >= 11 is 0. The van der Waals surface area contributed by atoms with Crippen molar-refractivity contribution in [2.24, 2.45) is 5.73 Å². The molecule has 0 aliphatic carbocycles. The van der Waals surface area contributed by atoms with Crippen LogP contribution in [-0.4, -0.2) is 36.3 Å². The summed E-state index contributed by atoms with van der Waals surface area (Å²) in [6.07, 6.45) is 6.06. The van der Waals surface area contributed by atoms with Gasteiger partial charge in [0.05, 0.1) is 18.2 Å². The highest BCUT2D eigenvalue weighted by Crippen LogP contribution is 2.22. The molecule has 1 aliphatic heterocycles. The summed E-state index contributed by atoms with van der Waals surface area (Å²) in [5, 5.41) is 15.0. The molecular weight excluding hydrogens is 390 g/mol. The maximum Gasteiger partial charge on any atom is 0.244 e. The van der Waals surface area contributed by atoms with Gasteiger partial charge < -0.3 is 16.4 Å². The standard InChI is InChI=1S/C24H29N5O2/c25-16-18-6-8-19(9-7-18)23(24(26)31)28-21-12-10-20(11-13-21)27-22(30)17-29-14-4-2-1-3-5-15-29/h6-13,23,28H,1-5,14-15,17H2,(H2,26,31)(H,27,30). The lowest BCUT2D eigenvalue weighted by atomic mass is 10.0. The number of hydrogen-bond acceptors (Lipinski definition) is 5. The molecule has 1 aliphatic rings. The first kappa shape index (κ1) is 22.3. The van der Waals surface area contributed by atoms with Crippen LogP contribution in [0, 0.1) is 11.3 Å². The largest absolute Gasteiger partial charge is 0.370 e. The molecule has 0 aromatic heterocycles. The summed E-state index contributed by atoms with van der Waals surface area (Å²) in [7, 11) is 0. The Bertz CT molecular complexity index is 910. The van der Waals surface area contributed by atoms with Crippen LogP contribution in [-0.2, 0) is 9.59 Å². The number of nitrogens with zero attached hydrogens (tertiary/aromatic N) is 2. The Kier molecular flexibility index (Phi) is 8.02. The molecular formula is C24H29N5O2.